The van der Waals surface area contributed by atoms with Crippen molar-refractivity contribution in [3.05, 3.63) is 23.8 Å². The number of carbonyl (C=O) groups excluding carboxylic acids is 3. The summed E-state index contributed by atoms with van der Waals surface area (Å²) >= 11 is 0. The van der Waals surface area contributed by atoms with Crippen LogP contribution in [-0.2, 0) is 29.1 Å². The van der Waals surface area contributed by atoms with E-state index in [1.165, 1.54) is 25.3 Å². The summed E-state index contributed by atoms with van der Waals surface area (Å²) < 4.78 is 45.5. The van der Waals surface area contributed by atoms with E-state index in [1.54, 1.807) is 63.9 Å². The van der Waals surface area contributed by atoms with Gasteiger partial charge in [-0.15, -0.1) is 0 Å². The molecule has 1 unspecified atom stereocenters. The molecule has 1 heterocycles. The van der Waals surface area contributed by atoms with Crippen LogP contribution in [0.4, 0.5) is 4.79 Å². The molecule has 14 heteroatoms. The number of carbonyl (C=O) groups is 3. The number of hydroxylamine groups is 1. The van der Waals surface area contributed by atoms with Crippen LogP contribution in [-0.4, -0.2) is 99.0 Å². The second kappa shape index (κ2) is 14.5. The number of nitrogens with zero attached hydrogens (tertiary/aromatic N) is 2. The summed E-state index contributed by atoms with van der Waals surface area (Å²) in [6, 6.07) is 4.09. The van der Waals surface area contributed by atoms with Crippen LogP contribution in [0.25, 0.3) is 0 Å². The molecule has 3 N–H and O–H groups in total. The van der Waals surface area contributed by atoms with Crippen LogP contribution in [0.1, 0.15) is 72.3 Å². The van der Waals surface area contributed by atoms with Crippen molar-refractivity contribution in [1.82, 2.24) is 20.0 Å². The van der Waals surface area contributed by atoms with Gasteiger partial charge >= 0.3 is 6.09 Å². The van der Waals surface area contributed by atoms with Crippen molar-refractivity contribution in [2.45, 2.75) is 88.9 Å². The molecule has 238 valence electrons. The van der Waals surface area contributed by atoms with E-state index in [0.29, 0.717) is 31.7 Å². The number of rotatable bonds is 11. The van der Waals surface area contributed by atoms with E-state index >= 15 is 0 Å². The molecule has 1 aromatic rings. The lowest BCUT2D eigenvalue weighted by atomic mass is 9.98. The average Bonchev–Trinajstić information content (AvgIpc) is 2.90. The molecule has 2 rings (SSSR count). The Bertz CT molecular complexity index is 1200. The number of piperidine rings is 1. The predicted molar refractivity (Wildman–Crippen MR) is 155 cm³/mol. The zero-order chi connectivity index (χ0) is 31.9. The van der Waals surface area contributed by atoms with Gasteiger partial charge in [-0.05, 0) is 78.1 Å². The molecule has 0 radical (unpaired) electrons. The van der Waals surface area contributed by atoms with E-state index < -0.39 is 39.1 Å². The highest BCUT2D eigenvalue weighted by Gasteiger charge is 2.32. The molecule has 1 aromatic carbocycles. The van der Waals surface area contributed by atoms with Crippen LogP contribution in [0, 0.1) is 0 Å². The summed E-state index contributed by atoms with van der Waals surface area (Å²) in [4.78, 5) is 40.8. The van der Waals surface area contributed by atoms with Crippen LogP contribution in [0.2, 0.25) is 0 Å². The minimum Gasteiger partial charge on any atom is -0.497 e. The van der Waals surface area contributed by atoms with Gasteiger partial charge in [-0.2, -0.15) is 0 Å². The second-order valence-corrected chi connectivity index (χ2v) is 13.9. The minimum atomic E-state index is -4.18. The van der Waals surface area contributed by atoms with Gasteiger partial charge in [-0.25, -0.2) is 23.4 Å². The fraction of sp³-hybridized carbons (Fsp3) is 0.679. The Morgan fingerprint density at radius 1 is 1.10 bits per heavy atom. The summed E-state index contributed by atoms with van der Waals surface area (Å²) in [5, 5.41) is 9.34. The molecule has 1 aliphatic heterocycles. The SMILES string of the molecule is COc1ccc(S(=O)(=O)NCCC(=O)N2CCC(N(C)C(=O)OC(C)(C)C)CC2)c(C(COC(C)(C)C)C(=O)NO)c1. The highest BCUT2D eigenvalue weighted by Crippen LogP contribution is 2.30. The zero-order valence-electron chi connectivity index (χ0n) is 25.9. The number of ether oxygens (including phenoxy) is 3. The normalized spacial score (nSPS) is 15.6. The van der Waals surface area contributed by atoms with Gasteiger partial charge in [0, 0.05) is 39.1 Å². The first-order valence-corrected chi connectivity index (χ1v) is 15.4. The van der Waals surface area contributed by atoms with Crippen LogP contribution in [0.3, 0.4) is 0 Å². The summed E-state index contributed by atoms with van der Waals surface area (Å²) in [6.07, 6.45) is 0.661. The number of hydrogen-bond donors (Lipinski definition) is 3. The van der Waals surface area contributed by atoms with E-state index in [4.69, 9.17) is 14.2 Å². The van der Waals surface area contributed by atoms with Crippen LogP contribution in [0.5, 0.6) is 5.75 Å². The first kappa shape index (κ1) is 35.3. The van der Waals surface area contributed by atoms with Gasteiger partial charge in [0.25, 0.3) is 5.91 Å². The van der Waals surface area contributed by atoms with Crippen molar-refractivity contribution < 1.29 is 42.2 Å². The monoisotopic (exact) mass is 614 g/mol. The third-order valence-electron chi connectivity index (χ3n) is 6.67. The summed E-state index contributed by atoms with van der Waals surface area (Å²) in [6.45, 7) is 11.2. The maximum Gasteiger partial charge on any atom is 0.410 e. The van der Waals surface area contributed by atoms with Gasteiger partial charge in [0.1, 0.15) is 11.4 Å². The summed E-state index contributed by atoms with van der Waals surface area (Å²) in [5.74, 6) is -1.93. The molecule has 13 nitrogen and oxygen atoms in total. The van der Waals surface area contributed by atoms with Crippen LogP contribution < -0.4 is 14.9 Å². The Hall–Kier alpha value is -2.94. The molecule has 1 fully saturated rings. The lowest BCUT2D eigenvalue weighted by molar-refractivity contribution is -0.134. The number of amides is 3. The molecule has 42 heavy (non-hydrogen) atoms. The molecule has 0 saturated carbocycles. The lowest BCUT2D eigenvalue weighted by Gasteiger charge is -2.37. The second-order valence-electron chi connectivity index (χ2n) is 12.2. The smallest absolute Gasteiger partial charge is 0.410 e. The summed E-state index contributed by atoms with van der Waals surface area (Å²) in [5.41, 5.74) is 0.414. The van der Waals surface area contributed by atoms with Crippen molar-refractivity contribution in [1.29, 1.82) is 0 Å². The number of nitrogens with one attached hydrogen (secondary N) is 2. The largest absolute Gasteiger partial charge is 0.497 e. The third-order valence-corrected chi connectivity index (χ3v) is 8.20. The quantitative estimate of drug-likeness (QED) is 0.251. The number of benzene rings is 1. The first-order valence-electron chi connectivity index (χ1n) is 13.9. The van der Waals surface area contributed by atoms with Crippen molar-refractivity contribution >= 4 is 27.9 Å². The van der Waals surface area contributed by atoms with Gasteiger partial charge in [0.2, 0.25) is 15.9 Å². The highest BCUT2D eigenvalue weighted by molar-refractivity contribution is 7.89. The van der Waals surface area contributed by atoms with Gasteiger partial charge < -0.3 is 24.0 Å². The molecule has 0 aromatic heterocycles. The topological polar surface area (TPSA) is 164 Å². The van der Waals surface area contributed by atoms with Crippen molar-refractivity contribution in [2.24, 2.45) is 0 Å². The van der Waals surface area contributed by atoms with Gasteiger partial charge in [-0.1, -0.05) is 0 Å². The Balaban J connectivity index is 2.07. The van der Waals surface area contributed by atoms with Crippen LogP contribution >= 0.6 is 0 Å². The van der Waals surface area contributed by atoms with Gasteiger partial charge in [0.05, 0.1) is 30.1 Å². The Morgan fingerprint density at radius 2 is 1.71 bits per heavy atom. The maximum absolute atomic E-state index is 13.3. The molecule has 0 bridgehead atoms. The molecule has 1 atom stereocenters. The fourth-order valence-electron chi connectivity index (χ4n) is 4.40. The van der Waals surface area contributed by atoms with Crippen molar-refractivity contribution in [3.63, 3.8) is 0 Å². The van der Waals surface area contributed by atoms with E-state index in [1.807, 2.05) is 0 Å². The Kier molecular flexibility index (Phi) is 12.2. The van der Waals surface area contributed by atoms with Gasteiger partial charge in [-0.3, -0.25) is 14.8 Å². The van der Waals surface area contributed by atoms with E-state index in [-0.39, 0.29) is 42.0 Å². The number of hydrogen-bond acceptors (Lipinski definition) is 9. The first-order chi connectivity index (χ1) is 19.4. The third kappa shape index (κ3) is 10.4. The molecule has 0 spiro atoms. The minimum absolute atomic E-state index is 0.0674. The summed E-state index contributed by atoms with van der Waals surface area (Å²) in [7, 11) is -1.09. The van der Waals surface area contributed by atoms with Gasteiger partial charge in [0.15, 0.2) is 0 Å². The average molecular weight is 615 g/mol. The highest BCUT2D eigenvalue weighted by atomic mass is 32.2. The van der Waals surface area contributed by atoms with E-state index in [9.17, 15) is 28.0 Å². The van der Waals surface area contributed by atoms with Crippen molar-refractivity contribution in [3.8, 4) is 5.75 Å². The predicted octanol–water partition coefficient (Wildman–Crippen LogP) is 2.63. The maximum atomic E-state index is 13.3. The molecular formula is C28H46N4O9S. The Morgan fingerprint density at radius 3 is 2.24 bits per heavy atom. The molecule has 3 amide bonds. The van der Waals surface area contributed by atoms with Crippen LogP contribution in [0.15, 0.2) is 23.1 Å². The number of methoxy groups -OCH3 is 1. The zero-order valence-corrected chi connectivity index (χ0v) is 26.7. The Labute approximate surface area is 248 Å². The molecule has 0 aliphatic carbocycles. The van der Waals surface area contributed by atoms with E-state index in [2.05, 4.69) is 4.72 Å². The van der Waals surface area contributed by atoms with E-state index in [0.717, 1.165) is 0 Å². The number of sulfonamides is 1. The molecular weight excluding hydrogens is 568 g/mol. The number of likely N-dealkylation sites (tertiary alicyclic amines) is 1. The fourth-order valence-corrected chi connectivity index (χ4v) is 5.69. The molecule has 1 aliphatic rings. The standard InChI is InChI=1S/C28H46N4O9S/c1-27(2,3)40-18-22(25(34)30-36)21-17-20(39-8)9-10-23(21)42(37,38)29-14-11-24(33)32-15-12-19(13-16-32)31(7)26(35)41-28(4,5)6/h9-10,17,19,22,29,36H,11-16,18H2,1-8H3,(H,30,34). The van der Waals surface area contributed by atoms with Crippen molar-refractivity contribution in [2.75, 3.05) is 40.4 Å². The molecule has 1 saturated heterocycles. The lowest BCUT2D eigenvalue weighted by Crippen LogP contribution is -2.48.